The first kappa shape index (κ1) is 16.5. The lowest BCUT2D eigenvalue weighted by molar-refractivity contribution is -0.140. The van der Waals surface area contributed by atoms with Gasteiger partial charge in [0.15, 0.2) is 0 Å². The summed E-state index contributed by atoms with van der Waals surface area (Å²) in [6, 6.07) is 6.25. The van der Waals surface area contributed by atoms with E-state index >= 15 is 0 Å². The van der Waals surface area contributed by atoms with E-state index in [1.165, 1.54) is 17.6 Å². The van der Waals surface area contributed by atoms with E-state index in [2.05, 4.69) is 45.0 Å². The number of carbonyl (C=O) groups is 1. The van der Waals surface area contributed by atoms with Gasteiger partial charge in [0.1, 0.15) is 0 Å². The van der Waals surface area contributed by atoms with Gasteiger partial charge < -0.3 is 10.1 Å². The van der Waals surface area contributed by atoms with Crippen LogP contribution in [0.25, 0.3) is 0 Å². The number of methoxy groups -OCH3 is 1. The first-order chi connectivity index (χ1) is 9.17. The van der Waals surface area contributed by atoms with Gasteiger partial charge in [-0.05, 0) is 36.7 Å². The van der Waals surface area contributed by atoms with Gasteiger partial charge in [-0.15, -0.1) is 11.8 Å². The van der Waals surface area contributed by atoms with Crippen molar-refractivity contribution in [3.8, 4) is 0 Å². The van der Waals surface area contributed by atoms with Gasteiger partial charge in [-0.3, -0.25) is 4.79 Å². The van der Waals surface area contributed by atoms with Gasteiger partial charge in [-0.25, -0.2) is 0 Å². The van der Waals surface area contributed by atoms with Crippen LogP contribution in [0.4, 0.5) is 0 Å². The topological polar surface area (TPSA) is 38.3 Å². The van der Waals surface area contributed by atoms with Crippen molar-refractivity contribution in [3.63, 3.8) is 0 Å². The second-order valence-electron chi connectivity index (χ2n) is 4.10. The van der Waals surface area contributed by atoms with E-state index in [1.807, 2.05) is 6.07 Å². The van der Waals surface area contributed by atoms with Crippen LogP contribution in [0.1, 0.15) is 25.3 Å². The van der Waals surface area contributed by atoms with Gasteiger partial charge in [0.2, 0.25) is 0 Å². The Morgan fingerprint density at radius 2 is 2.26 bits per heavy atom. The standard InChI is InChI=1S/C14H20BrNO2S/c1-3-7-16-10-11-9-12(15)4-5-13(11)19-8-6-14(17)18-2/h4-5,9,16H,3,6-8,10H2,1-2H3. The number of hydrogen-bond acceptors (Lipinski definition) is 4. The zero-order valence-corrected chi connectivity index (χ0v) is 13.8. The number of nitrogens with one attached hydrogen (secondary N) is 1. The minimum Gasteiger partial charge on any atom is -0.469 e. The Hall–Kier alpha value is -0.520. The Kier molecular flexibility index (Phi) is 8.18. The number of ether oxygens (including phenoxy) is 1. The molecule has 0 unspecified atom stereocenters. The van der Waals surface area contributed by atoms with E-state index in [-0.39, 0.29) is 5.97 Å². The fraction of sp³-hybridized carbons (Fsp3) is 0.500. The molecule has 0 bridgehead atoms. The predicted octanol–water partition coefficient (Wildman–Crippen LogP) is 3.60. The summed E-state index contributed by atoms with van der Waals surface area (Å²) in [7, 11) is 1.42. The molecule has 106 valence electrons. The molecule has 1 N–H and O–H groups in total. The Bertz CT molecular complexity index is 412. The molecule has 1 aromatic carbocycles. The van der Waals surface area contributed by atoms with Crippen molar-refractivity contribution in [3.05, 3.63) is 28.2 Å². The van der Waals surface area contributed by atoms with Gasteiger partial charge >= 0.3 is 5.97 Å². The molecule has 19 heavy (non-hydrogen) atoms. The van der Waals surface area contributed by atoms with Crippen LogP contribution in [0.2, 0.25) is 0 Å². The number of thioether (sulfide) groups is 1. The van der Waals surface area contributed by atoms with Crippen LogP contribution in [0, 0.1) is 0 Å². The molecule has 0 aliphatic heterocycles. The summed E-state index contributed by atoms with van der Waals surface area (Å²) in [5.41, 5.74) is 1.26. The SMILES string of the molecule is CCCNCc1cc(Br)ccc1SCCC(=O)OC. The van der Waals surface area contributed by atoms with Gasteiger partial charge in [0.05, 0.1) is 13.5 Å². The average Bonchev–Trinajstić information content (AvgIpc) is 2.41. The van der Waals surface area contributed by atoms with Gasteiger partial charge in [-0.1, -0.05) is 22.9 Å². The highest BCUT2D eigenvalue weighted by atomic mass is 79.9. The van der Waals surface area contributed by atoms with E-state index in [9.17, 15) is 4.79 Å². The third-order valence-electron chi connectivity index (χ3n) is 2.56. The van der Waals surface area contributed by atoms with Crippen molar-refractivity contribution in [2.45, 2.75) is 31.2 Å². The minimum absolute atomic E-state index is 0.157. The fourth-order valence-corrected chi connectivity index (χ4v) is 2.95. The van der Waals surface area contributed by atoms with Crippen molar-refractivity contribution in [1.29, 1.82) is 0 Å². The second kappa shape index (κ2) is 9.39. The zero-order chi connectivity index (χ0) is 14.1. The molecule has 0 aliphatic rings. The molecule has 0 fully saturated rings. The van der Waals surface area contributed by atoms with E-state index in [4.69, 9.17) is 0 Å². The Morgan fingerprint density at radius 1 is 1.47 bits per heavy atom. The fourth-order valence-electron chi connectivity index (χ4n) is 1.57. The summed E-state index contributed by atoms with van der Waals surface area (Å²) < 4.78 is 5.73. The van der Waals surface area contributed by atoms with Gasteiger partial charge in [0.25, 0.3) is 0 Å². The van der Waals surface area contributed by atoms with Crippen molar-refractivity contribution in [2.75, 3.05) is 19.4 Å². The first-order valence-electron chi connectivity index (χ1n) is 6.36. The van der Waals surface area contributed by atoms with Gasteiger partial charge in [0, 0.05) is 21.7 Å². The van der Waals surface area contributed by atoms with Crippen molar-refractivity contribution >= 4 is 33.7 Å². The molecule has 0 heterocycles. The summed E-state index contributed by atoms with van der Waals surface area (Å²) in [5.74, 6) is 0.588. The average molecular weight is 346 g/mol. The number of carbonyl (C=O) groups excluding carboxylic acids is 1. The van der Waals surface area contributed by atoms with Crippen molar-refractivity contribution in [1.82, 2.24) is 5.32 Å². The number of rotatable bonds is 8. The van der Waals surface area contributed by atoms with E-state index in [1.54, 1.807) is 11.8 Å². The Labute approximate surface area is 127 Å². The third kappa shape index (κ3) is 6.45. The van der Waals surface area contributed by atoms with Crippen molar-refractivity contribution in [2.24, 2.45) is 0 Å². The molecule has 0 radical (unpaired) electrons. The summed E-state index contributed by atoms with van der Waals surface area (Å²) in [5, 5.41) is 3.40. The zero-order valence-electron chi connectivity index (χ0n) is 11.4. The van der Waals surface area contributed by atoms with Crippen LogP contribution in [0.15, 0.2) is 27.6 Å². The lowest BCUT2D eigenvalue weighted by Gasteiger charge is -2.10. The number of benzene rings is 1. The third-order valence-corrected chi connectivity index (χ3v) is 4.17. The molecule has 0 atom stereocenters. The van der Waals surface area contributed by atoms with Crippen LogP contribution < -0.4 is 5.32 Å². The highest BCUT2D eigenvalue weighted by Crippen LogP contribution is 2.26. The number of hydrogen-bond donors (Lipinski definition) is 1. The molecule has 1 aromatic rings. The van der Waals surface area contributed by atoms with Crippen LogP contribution in [0.3, 0.4) is 0 Å². The monoisotopic (exact) mass is 345 g/mol. The summed E-state index contributed by atoms with van der Waals surface area (Å²) in [6.45, 7) is 4.02. The maximum Gasteiger partial charge on any atom is 0.306 e. The van der Waals surface area contributed by atoms with E-state index in [0.717, 1.165) is 29.7 Å². The molecular formula is C14H20BrNO2S. The molecule has 0 spiro atoms. The molecular weight excluding hydrogens is 326 g/mol. The van der Waals surface area contributed by atoms with E-state index in [0.29, 0.717) is 6.42 Å². The molecule has 0 saturated carbocycles. The summed E-state index contributed by atoms with van der Waals surface area (Å²) >= 11 is 5.19. The molecule has 5 heteroatoms. The van der Waals surface area contributed by atoms with Crippen LogP contribution in [0.5, 0.6) is 0 Å². The molecule has 0 saturated heterocycles. The highest BCUT2D eigenvalue weighted by molar-refractivity contribution is 9.10. The maximum absolute atomic E-state index is 11.1. The quantitative estimate of drug-likeness (QED) is 0.443. The molecule has 0 aromatic heterocycles. The van der Waals surface area contributed by atoms with Crippen LogP contribution >= 0.6 is 27.7 Å². The molecule has 0 aliphatic carbocycles. The van der Waals surface area contributed by atoms with Crippen molar-refractivity contribution < 1.29 is 9.53 Å². The minimum atomic E-state index is -0.157. The predicted molar refractivity (Wildman–Crippen MR) is 83.5 cm³/mol. The molecule has 3 nitrogen and oxygen atoms in total. The van der Waals surface area contributed by atoms with Crippen LogP contribution in [-0.2, 0) is 16.1 Å². The summed E-state index contributed by atoms with van der Waals surface area (Å²) in [4.78, 5) is 12.3. The Balaban J connectivity index is 2.57. The highest BCUT2D eigenvalue weighted by Gasteiger charge is 2.06. The largest absolute Gasteiger partial charge is 0.469 e. The number of esters is 1. The first-order valence-corrected chi connectivity index (χ1v) is 8.14. The van der Waals surface area contributed by atoms with Gasteiger partial charge in [-0.2, -0.15) is 0 Å². The Morgan fingerprint density at radius 3 is 2.95 bits per heavy atom. The summed E-state index contributed by atoms with van der Waals surface area (Å²) in [6.07, 6.45) is 1.57. The molecule has 0 amide bonds. The van der Waals surface area contributed by atoms with Crippen LogP contribution in [-0.4, -0.2) is 25.4 Å². The smallest absolute Gasteiger partial charge is 0.306 e. The number of halogens is 1. The maximum atomic E-state index is 11.1. The molecule has 1 rings (SSSR count). The lowest BCUT2D eigenvalue weighted by atomic mass is 10.2. The van der Waals surface area contributed by atoms with E-state index < -0.39 is 0 Å². The second-order valence-corrected chi connectivity index (χ2v) is 6.16. The normalized spacial score (nSPS) is 10.5. The lowest BCUT2D eigenvalue weighted by Crippen LogP contribution is -2.14.